The van der Waals surface area contributed by atoms with E-state index in [1.54, 1.807) is 14.2 Å². The Hall–Kier alpha value is -1.22. The summed E-state index contributed by atoms with van der Waals surface area (Å²) in [6, 6.07) is 4.69. The van der Waals surface area contributed by atoms with Gasteiger partial charge in [-0.2, -0.15) is 0 Å². The molecule has 0 aliphatic carbocycles. The smallest absolute Gasteiger partial charge is 0.161 e. The summed E-state index contributed by atoms with van der Waals surface area (Å²) in [5.74, 6) is 1.64. The van der Waals surface area contributed by atoms with Crippen LogP contribution in [-0.4, -0.2) is 20.3 Å². The molecule has 3 nitrogen and oxygen atoms in total. The molecule has 0 radical (unpaired) electrons. The number of fused-ring (bicyclic) bond motifs is 1. The van der Waals surface area contributed by atoms with Gasteiger partial charge in [0.05, 0.1) is 14.2 Å². The van der Waals surface area contributed by atoms with Crippen LogP contribution in [0.2, 0.25) is 0 Å². The van der Waals surface area contributed by atoms with Gasteiger partial charge in [0, 0.05) is 12.6 Å². The molecule has 0 saturated carbocycles. The summed E-state index contributed by atoms with van der Waals surface area (Å²) in [7, 11) is 3.35. The van der Waals surface area contributed by atoms with E-state index >= 15 is 0 Å². The lowest BCUT2D eigenvalue weighted by atomic mass is 9.96. The van der Waals surface area contributed by atoms with Gasteiger partial charge in [-0.3, -0.25) is 0 Å². The average Bonchev–Trinajstić information content (AvgIpc) is 2.27. The Labute approximate surface area is 90.4 Å². The molecule has 1 aliphatic heterocycles. The quantitative estimate of drug-likeness (QED) is 0.801. The van der Waals surface area contributed by atoms with E-state index in [1.807, 2.05) is 0 Å². The highest BCUT2D eigenvalue weighted by atomic mass is 16.5. The summed E-state index contributed by atoms with van der Waals surface area (Å²) in [5, 5.41) is 3.43. The molecule has 0 fully saturated rings. The maximum absolute atomic E-state index is 5.29. The van der Waals surface area contributed by atoms with Crippen molar-refractivity contribution in [1.29, 1.82) is 0 Å². The van der Waals surface area contributed by atoms with E-state index in [9.17, 15) is 0 Å². The maximum Gasteiger partial charge on any atom is 0.161 e. The normalized spacial score (nSPS) is 19.5. The van der Waals surface area contributed by atoms with Crippen LogP contribution in [0.15, 0.2) is 12.1 Å². The number of methoxy groups -OCH3 is 2. The summed E-state index contributed by atoms with van der Waals surface area (Å²) in [4.78, 5) is 0. The monoisotopic (exact) mass is 207 g/mol. The van der Waals surface area contributed by atoms with Gasteiger partial charge in [0.2, 0.25) is 0 Å². The van der Waals surface area contributed by atoms with Gasteiger partial charge in [-0.05, 0) is 36.6 Å². The molecule has 0 saturated heterocycles. The van der Waals surface area contributed by atoms with E-state index in [1.165, 1.54) is 11.1 Å². The highest BCUT2D eigenvalue weighted by Crippen LogP contribution is 2.32. The second-order valence-corrected chi connectivity index (χ2v) is 3.96. The van der Waals surface area contributed by atoms with Gasteiger partial charge in [0.25, 0.3) is 0 Å². The van der Waals surface area contributed by atoms with Crippen LogP contribution >= 0.6 is 0 Å². The zero-order chi connectivity index (χ0) is 10.8. The minimum Gasteiger partial charge on any atom is -0.493 e. The SMILES string of the molecule is COc1cc2c(cc1OC)C[C@@H](C)NC2. The van der Waals surface area contributed by atoms with Gasteiger partial charge in [0.15, 0.2) is 11.5 Å². The summed E-state index contributed by atoms with van der Waals surface area (Å²) >= 11 is 0. The van der Waals surface area contributed by atoms with E-state index < -0.39 is 0 Å². The Balaban J connectivity index is 2.41. The third-order valence-electron chi connectivity index (χ3n) is 2.87. The third kappa shape index (κ3) is 1.92. The molecular weight excluding hydrogens is 190 g/mol. The lowest BCUT2D eigenvalue weighted by Crippen LogP contribution is -2.32. The van der Waals surface area contributed by atoms with Crippen molar-refractivity contribution < 1.29 is 9.47 Å². The third-order valence-corrected chi connectivity index (χ3v) is 2.87. The summed E-state index contributed by atoms with van der Waals surface area (Å²) in [6.07, 6.45) is 1.05. The predicted molar refractivity (Wildman–Crippen MR) is 59.6 cm³/mol. The van der Waals surface area contributed by atoms with Crippen molar-refractivity contribution >= 4 is 0 Å². The number of benzene rings is 1. The minimum absolute atomic E-state index is 0.538. The summed E-state index contributed by atoms with van der Waals surface area (Å²) < 4.78 is 10.6. The maximum atomic E-state index is 5.29. The Morgan fingerprint density at radius 1 is 1.13 bits per heavy atom. The zero-order valence-electron chi connectivity index (χ0n) is 9.46. The lowest BCUT2D eigenvalue weighted by Gasteiger charge is -2.24. The van der Waals surface area contributed by atoms with E-state index in [2.05, 4.69) is 24.4 Å². The van der Waals surface area contributed by atoms with Crippen molar-refractivity contribution in [1.82, 2.24) is 5.32 Å². The van der Waals surface area contributed by atoms with Crippen LogP contribution in [0, 0.1) is 0 Å². The number of nitrogens with one attached hydrogen (secondary N) is 1. The van der Waals surface area contributed by atoms with Crippen molar-refractivity contribution in [2.45, 2.75) is 25.9 Å². The van der Waals surface area contributed by atoms with Gasteiger partial charge in [-0.25, -0.2) is 0 Å². The molecule has 15 heavy (non-hydrogen) atoms. The van der Waals surface area contributed by atoms with Crippen molar-refractivity contribution in [2.75, 3.05) is 14.2 Å². The molecule has 1 aromatic rings. The van der Waals surface area contributed by atoms with Crippen molar-refractivity contribution in [3.63, 3.8) is 0 Å². The Bertz CT molecular complexity index is 363. The summed E-state index contributed by atoms with van der Waals surface area (Å²) in [5.41, 5.74) is 2.67. The molecule has 0 bridgehead atoms. The lowest BCUT2D eigenvalue weighted by molar-refractivity contribution is 0.352. The second kappa shape index (κ2) is 4.11. The van der Waals surface area contributed by atoms with Gasteiger partial charge < -0.3 is 14.8 Å². The van der Waals surface area contributed by atoms with E-state index in [0.29, 0.717) is 6.04 Å². The van der Waals surface area contributed by atoms with Crippen molar-refractivity contribution in [2.24, 2.45) is 0 Å². The fraction of sp³-hybridized carbons (Fsp3) is 0.500. The number of rotatable bonds is 2. The first-order chi connectivity index (χ1) is 7.24. The predicted octanol–water partition coefficient (Wildman–Crippen LogP) is 1.74. The second-order valence-electron chi connectivity index (χ2n) is 3.96. The first kappa shape index (κ1) is 10.3. The van der Waals surface area contributed by atoms with E-state index in [4.69, 9.17) is 9.47 Å². The van der Waals surface area contributed by atoms with Crippen molar-refractivity contribution in [3.8, 4) is 11.5 Å². The molecule has 0 spiro atoms. The molecule has 1 heterocycles. The fourth-order valence-corrected chi connectivity index (χ4v) is 2.00. The topological polar surface area (TPSA) is 30.5 Å². The van der Waals surface area contributed by atoms with Gasteiger partial charge >= 0.3 is 0 Å². The molecule has 1 aliphatic rings. The van der Waals surface area contributed by atoms with Gasteiger partial charge in [0.1, 0.15) is 0 Å². The Kier molecular flexibility index (Phi) is 2.82. The van der Waals surface area contributed by atoms with Crippen LogP contribution < -0.4 is 14.8 Å². The standard InChI is InChI=1S/C12H17NO2/c1-8-4-9-5-11(14-2)12(15-3)6-10(9)7-13-8/h5-6,8,13H,4,7H2,1-3H3/t8-/m1/s1. The molecule has 1 aromatic carbocycles. The number of hydrogen-bond donors (Lipinski definition) is 1. The van der Waals surface area contributed by atoms with Gasteiger partial charge in [-0.15, -0.1) is 0 Å². The molecular formula is C12H17NO2. The number of ether oxygens (including phenoxy) is 2. The average molecular weight is 207 g/mol. The first-order valence-corrected chi connectivity index (χ1v) is 5.21. The van der Waals surface area contributed by atoms with Gasteiger partial charge in [-0.1, -0.05) is 0 Å². The van der Waals surface area contributed by atoms with E-state index in [-0.39, 0.29) is 0 Å². The molecule has 0 aromatic heterocycles. The molecule has 2 rings (SSSR count). The van der Waals surface area contributed by atoms with Crippen LogP contribution in [0.25, 0.3) is 0 Å². The molecule has 0 amide bonds. The van der Waals surface area contributed by atoms with E-state index in [0.717, 1.165) is 24.5 Å². The van der Waals surface area contributed by atoms with Crippen molar-refractivity contribution in [3.05, 3.63) is 23.3 Å². The summed E-state index contributed by atoms with van der Waals surface area (Å²) in [6.45, 7) is 3.11. The fourth-order valence-electron chi connectivity index (χ4n) is 2.00. The largest absolute Gasteiger partial charge is 0.493 e. The molecule has 82 valence electrons. The minimum atomic E-state index is 0.538. The van der Waals surface area contributed by atoms with Crippen LogP contribution in [0.5, 0.6) is 11.5 Å². The molecule has 0 unspecified atom stereocenters. The van der Waals surface area contributed by atoms with Crippen LogP contribution in [0.4, 0.5) is 0 Å². The van der Waals surface area contributed by atoms with Crippen LogP contribution in [0.3, 0.4) is 0 Å². The highest BCUT2D eigenvalue weighted by Gasteiger charge is 2.17. The molecule has 3 heteroatoms. The van der Waals surface area contributed by atoms with Crippen LogP contribution in [0.1, 0.15) is 18.1 Å². The Morgan fingerprint density at radius 3 is 2.33 bits per heavy atom. The number of hydrogen-bond acceptors (Lipinski definition) is 3. The highest BCUT2D eigenvalue weighted by molar-refractivity contribution is 5.48. The van der Waals surface area contributed by atoms with Crippen LogP contribution in [-0.2, 0) is 13.0 Å². The molecule has 1 N–H and O–H groups in total. The Morgan fingerprint density at radius 2 is 1.73 bits per heavy atom. The first-order valence-electron chi connectivity index (χ1n) is 5.21. The molecule has 1 atom stereocenters. The zero-order valence-corrected chi connectivity index (χ0v) is 9.46.